The van der Waals surface area contributed by atoms with Gasteiger partial charge in [-0.25, -0.2) is 14.0 Å². The zero-order valence-corrected chi connectivity index (χ0v) is 17.8. The van der Waals surface area contributed by atoms with E-state index >= 15 is 0 Å². The summed E-state index contributed by atoms with van der Waals surface area (Å²) in [6.45, 7) is 2.03. The molecule has 3 rings (SSSR count). The molecule has 1 aliphatic rings. The molecular formula is C25H25FO6. The summed E-state index contributed by atoms with van der Waals surface area (Å²) < 4.78 is 35.2. The first-order valence-electron chi connectivity index (χ1n) is 10.2. The van der Waals surface area contributed by atoms with Crippen LogP contribution in [-0.4, -0.2) is 43.9 Å². The monoisotopic (exact) mass is 440 g/mol. The van der Waals surface area contributed by atoms with Gasteiger partial charge in [-0.05, 0) is 35.3 Å². The van der Waals surface area contributed by atoms with Crippen LogP contribution in [0.2, 0.25) is 0 Å². The number of esters is 2. The lowest BCUT2D eigenvalue weighted by atomic mass is 10.1. The Kier molecular flexibility index (Phi) is 8.30. The van der Waals surface area contributed by atoms with Crippen molar-refractivity contribution in [3.05, 3.63) is 83.4 Å². The highest BCUT2D eigenvalue weighted by Crippen LogP contribution is 2.28. The highest BCUT2D eigenvalue weighted by Gasteiger charge is 2.50. The summed E-state index contributed by atoms with van der Waals surface area (Å²) in [5.74, 6) is -1.56. The molecule has 0 aliphatic carbocycles. The Bertz CT molecular complexity index is 971. The molecule has 2 aromatic carbocycles. The first kappa shape index (κ1) is 23.4. The third kappa shape index (κ3) is 6.35. The van der Waals surface area contributed by atoms with E-state index in [1.165, 1.54) is 25.3 Å². The fraction of sp³-hybridized carbons (Fsp3) is 0.280. The van der Waals surface area contributed by atoms with Crippen molar-refractivity contribution in [3.63, 3.8) is 0 Å². The molecule has 1 unspecified atom stereocenters. The van der Waals surface area contributed by atoms with Crippen molar-refractivity contribution >= 4 is 24.1 Å². The normalized spacial score (nSPS) is 23.0. The maximum atomic E-state index is 14.7. The second kappa shape index (κ2) is 11.4. The Balaban J connectivity index is 1.63. The van der Waals surface area contributed by atoms with E-state index in [2.05, 4.69) is 0 Å². The Morgan fingerprint density at radius 3 is 2.28 bits per heavy atom. The molecule has 1 saturated heterocycles. The molecule has 0 radical (unpaired) electrons. The molecule has 2 aromatic rings. The van der Waals surface area contributed by atoms with Crippen LogP contribution in [-0.2, 0) is 35.0 Å². The molecule has 0 amide bonds. The number of benzene rings is 2. The number of alkyl halides is 1. The molecule has 1 aliphatic heterocycles. The quantitative estimate of drug-likeness (QED) is 0.455. The van der Waals surface area contributed by atoms with E-state index in [0.29, 0.717) is 0 Å². The van der Waals surface area contributed by atoms with E-state index in [9.17, 15) is 14.0 Å². The van der Waals surface area contributed by atoms with Gasteiger partial charge in [0.2, 0.25) is 12.4 Å². The van der Waals surface area contributed by atoms with Gasteiger partial charge in [-0.3, -0.25) is 0 Å². The summed E-state index contributed by atoms with van der Waals surface area (Å²) in [5.41, 5.74) is 2.72. The van der Waals surface area contributed by atoms with Gasteiger partial charge in [0.05, 0.1) is 0 Å². The van der Waals surface area contributed by atoms with Crippen molar-refractivity contribution in [2.45, 2.75) is 38.2 Å². The molecule has 0 bridgehead atoms. The largest absolute Gasteiger partial charge is 0.449 e. The summed E-state index contributed by atoms with van der Waals surface area (Å²) in [6.07, 6.45) is 0.308. The van der Waals surface area contributed by atoms with Crippen molar-refractivity contribution in [1.29, 1.82) is 0 Å². The molecule has 0 aromatic heterocycles. The molecule has 168 valence electrons. The average molecular weight is 440 g/mol. The number of carbonyl (C=O) groups excluding carboxylic acids is 2. The number of halogens is 1. The molecule has 4 atom stereocenters. The molecule has 6 nitrogen and oxygen atoms in total. The Hall–Kier alpha value is -3.29. The zero-order valence-electron chi connectivity index (χ0n) is 17.8. The number of carbonyl (C=O) groups is 2. The van der Waals surface area contributed by atoms with Gasteiger partial charge >= 0.3 is 11.9 Å². The summed E-state index contributed by atoms with van der Waals surface area (Å²) in [6, 6.07) is 16.7. The molecule has 1 heterocycles. The fourth-order valence-electron chi connectivity index (χ4n) is 3.13. The maximum absolute atomic E-state index is 14.7. The number of rotatable bonds is 8. The maximum Gasteiger partial charge on any atom is 0.333 e. The van der Waals surface area contributed by atoms with Crippen LogP contribution in [0.4, 0.5) is 4.39 Å². The molecular weight excluding hydrogens is 415 g/mol. The standard InChI is InChI=1S/C25H25FO6/c1-3-17-10-7-11-19(16-17)13-15-21(28)31-25-23(22(26)24(29-2)32-25)30-20(27)14-12-18-8-5-4-6-9-18/h4-16,22-25H,3H2,1-2H3/t22-,23-,24?,25-/m0/s1. The Morgan fingerprint density at radius 2 is 1.59 bits per heavy atom. The van der Waals surface area contributed by atoms with E-state index in [1.54, 1.807) is 18.2 Å². The summed E-state index contributed by atoms with van der Waals surface area (Å²) in [5, 5.41) is 0. The van der Waals surface area contributed by atoms with Crippen molar-refractivity contribution < 1.29 is 32.9 Å². The minimum absolute atomic E-state index is 0.762. The van der Waals surface area contributed by atoms with E-state index in [1.807, 2.05) is 49.4 Å². The van der Waals surface area contributed by atoms with Gasteiger partial charge in [0.15, 0.2) is 12.5 Å². The Morgan fingerprint density at radius 1 is 0.938 bits per heavy atom. The minimum Gasteiger partial charge on any atom is -0.449 e. The van der Waals surface area contributed by atoms with Crippen LogP contribution < -0.4 is 0 Å². The molecule has 0 N–H and O–H groups in total. The molecule has 0 saturated carbocycles. The van der Waals surface area contributed by atoms with E-state index < -0.39 is 36.8 Å². The van der Waals surface area contributed by atoms with Crippen LogP contribution >= 0.6 is 0 Å². The highest BCUT2D eigenvalue weighted by molar-refractivity contribution is 5.88. The summed E-state index contributed by atoms with van der Waals surface area (Å²) >= 11 is 0. The van der Waals surface area contributed by atoms with Crippen molar-refractivity contribution in [3.8, 4) is 0 Å². The molecule has 1 fully saturated rings. The van der Waals surface area contributed by atoms with Crippen LogP contribution in [0, 0.1) is 0 Å². The van der Waals surface area contributed by atoms with Gasteiger partial charge in [-0.15, -0.1) is 0 Å². The van der Waals surface area contributed by atoms with Crippen LogP contribution in [0.1, 0.15) is 23.6 Å². The highest BCUT2D eigenvalue weighted by atomic mass is 19.1. The molecule has 32 heavy (non-hydrogen) atoms. The van der Waals surface area contributed by atoms with Gasteiger partial charge in [0.1, 0.15) is 0 Å². The van der Waals surface area contributed by atoms with Crippen molar-refractivity contribution in [2.24, 2.45) is 0 Å². The third-order valence-corrected chi connectivity index (χ3v) is 4.81. The van der Waals surface area contributed by atoms with Gasteiger partial charge in [0, 0.05) is 19.3 Å². The second-order valence-corrected chi connectivity index (χ2v) is 7.07. The summed E-state index contributed by atoms with van der Waals surface area (Å²) in [7, 11) is 1.25. The Labute approximate surface area is 186 Å². The minimum atomic E-state index is -1.82. The lowest BCUT2D eigenvalue weighted by molar-refractivity contribution is -0.213. The lowest BCUT2D eigenvalue weighted by Crippen LogP contribution is -2.36. The smallest absolute Gasteiger partial charge is 0.333 e. The number of hydrogen-bond acceptors (Lipinski definition) is 6. The van der Waals surface area contributed by atoms with E-state index in [0.717, 1.165) is 23.1 Å². The number of methoxy groups -OCH3 is 1. The van der Waals surface area contributed by atoms with E-state index in [-0.39, 0.29) is 0 Å². The van der Waals surface area contributed by atoms with Gasteiger partial charge in [0.25, 0.3) is 0 Å². The fourth-order valence-corrected chi connectivity index (χ4v) is 3.13. The lowest BCUT2D eigenvalue weighted by Gasteiger charge is -2.18. The second-order valence-electron chi connectivity index (χ2n) is 7.07. The van der Waals surface area contributed by atoms with Crippen LogP contribution in [0.25, 0.3) is 12.2 Å². The van der Waals surface area contributed by atoms with Crippen LogP contribution in [0.3, 0.4) is 0 Å². The SMILES string of the molecule is CCc1cccc(C=CC(=O)O[C@H]2OC(OC)[C@@H](F)[C@@H]2OC(=O)C=Cc2ccccc2)c1. The number of ether oxygens (including phenoxy) is 4. The molecule has 0 spiro atoms. The first-order valence-corrected chi connectivity index (χ1v) is 10.2. The van der Waals surface area contributed by atoms with Gasteiger partial charge in [-0.2, -0.15) is 0 Å². The van der Waals surface area contributed by atoms with Crippen LogP contribution in [0.5, 0.6) is 0 Å². The summed E-state index contributed by atoms with van der Waals surface area (Å²) in [4.78, 5) is 24.5. The van der Waals surface area contributed by atoms with E-state index in [4.69, 9.17) is 18.9 Å². The topological polar surface area (TPSA) is 71.1 Å². The van der Waals surface area contributed by atoms with Crippen molar-refractivity contribution in [1.82, 2.24) is 0 Å². The van der Waals surface area contributed by atoms with Gasteiger partial charge in [-0.1, -0.05) is 61.5 Å². The average Bonchev–Trinajstić information content (AvgIpc) is 3.11. The predicted molar refractivity (Wildman–Crippen MR) is 117 cm³/mol. The number of aryl methyl sites for hydroxylation is 1. The van der Waals surface area contributed by atoms with Crippen LogP contribution in [0.15, 0.2) is 66.7 Å². The third-order valence-electron chi connectivity index (χ3n) is 4.81. The predicted octanol–water partition coefficient (Wildman–Crippen LogP) is 4.10. The van der Waals surface area contributed by atoms with Crippen molar-refractivity contribution in [2.75, 3.05) is 7.11 Å². The van der Waals surface area contributed by atoms with Gasteiger partial charge < -0.3 is 18.9 Å². The molecule has 7 heteroatoms. The zero-order chi connectivity index (χ0) is 22.9. The number of hydrogen-bond donors (Lipinski definition) is 0. The first-order chi connectivity index (χ1) is 15.5.